The Kier molecular flexibility index (Phi) is 6.74. The first kappa shape index (κ1) is 19.8. The maximum Gasteiger partial charge on any atom is 0.190 e. The molecular formula is C18H27N3O3S2. The molecule has 144 valence electrons. The SMILES string of the molecule is CCCSc1nc(NCCOCCO)c2sc3c(c2n1)COC(C)(C)C3. The van der Waals surface area contributed by atoms with Crippen LogP contribution in [0.2, 0.25) is 0 Å². The van der Waals surface area contributed by atoms with Crippen LogP contribution >= 0.6 is 23.1 Å². The average molecular weight is 398 g/mol. The standard InChI is InChI=1S/C18H27N3O3S2/c1-4-9-25-17-20-14-12-11-24-18(2,3)10-13(12)26-15(14)16(21-17)19-5-7-23-8-6-22/h22H,4-11H2,1-3H3,(H,19,20,21). The first-order valence-electron chi connectivity index (χ1n) is 9.05. The number of anilines is 1. The highest BCUT2D eigenvalue weighted by Gasteiger charge is 2.30. The van der Waals surface area contributed by atoms with Crippen LogP contribution in [0.25, 0.3) is 10.2 Å². The average Bonchev–Trinajstić information content (AvgIpc) is 2.96. The van der Waals surface area contributed by atoms with Crippen molar-refractivity contribution < 1.29 is 14.6 Å². The molecule has 26 heavy (non-hydrogen) atoms. The van der Waals surface area contributed by atoms with Crippen molar-refractivity contribution in [2.24, 2.45) is 0 Å². The maximum absolute atomic E-state index is 8.80. The molecule has 8 heteroatoms. The fraction of sp³-hybridized carbons (Fsp3) is 0.667. The highest BCUT2D eigenvalue weighted by atomic mass is 32.2. The number of rotatable bonds is 9. The van der Waals surface area contributed by atoms with Gasteiger partial charge in [0.05, 0.1) is 42.2 Å². The molecule has 0 aromatic carbocycles. The van der Waals surface area contributed by atoms with Crippen LogP contribution in [0.3, 0.4) is 0 Å². The summed E-state index contributed by atoms with van der Waals surface area (Å²) in [5.74, 6) is 1.87. The lowest BCUT2D eigenvalue weighted by Gasteiger charge is -2.29. The van der Waals surface area contributed by atoms with Gasteiger partial charge in [0, 0.05) is 29.2 Å². The number of hydrogen-bond donors (Lipinski definition) is 2. The van der Waals surface area contributed by atoms with Crippen LogP contribution in [-0.2, 0) is 22.5 Å². The first-order chi connectivity index (χ1) is 12.5. The Balaban J connectivity index is 1.89. The van der Waals surface area contributed by atoms with E-state index in [1.54, 1.807) is 23.1 Å². The number of ether oxygens (including phenoxy) is 2. The van der Waals surface area contributed by atoms with Crippen LogP contribution in [0.1, 0.15) is 37.6 Å². The number of aliphatic hydroxyl groups excluding tert-OH is 1. The topological polar surface area (TPSA) is 76.5 Å². The van der Waals surface area contributed by atoms with E-state index in [0.29, 0.717) is 26.4 Å². The van der Waals surface area contributed by atoms with Crippen LogP contribution in [-0.4, -0.2) is 52.8 Å². The van der Waals surface area contributed by atoms with Gasteiger partial charge in [0.15, 0.2) is 5.16 Å². The predicted molar refractivity (Wildman–Crippen MR) is 107 cm³/mol. The van der Waals surface area contributed by atoms with E-state index < -0.39 is 0 Å². The van der Waals surface area contributed by atoms with Crippen molar-refractivity contribution in [1.82, 2.24) is 9.97 Å². The third-order valence-electron chi connectivity index (χ3n) is 4.10. The lowest BCUT2D eigenvalue weighted by atomic mass is 9.98. The van der Waals surface area contributed by atoms with E-state index in [0.717, 1.165) is 39.8 Å². The molecular weight excluding hydrogens is 370 g/mol. The normalized spacial score (nSPS) is 16.0. The molecule has 0 amide bonds. The van der Waals surface area contributed by atoms with Crippen molar-refractivity contribution in [3.63, 3.8) is 0 Å². The van der Waals surface area contributed by atoms with Gasteiger partial charge in [0.1, 0.15) is 5.82 Å². The lowest BCUT2D eigenvalue weighted by molar-refractivity contribution is -0.0383. The number of thiophene rings is 1. The number of nitrogens with zero attached hydrogens (tertiary/aromatic N) is 2. The van der Waals surface area contributed by atoms with E-state index in [1.165, 1.54) is 10.4 Å². The zero-order valence-electron chi connectivity index (χ0n) is 15.6. The Bertz CT molecular complexity index is 749. The molecule has 3 rings (SSSR count). The fourth-order valence-corrected chi connectivity index (χ4v) is 4.95. The van der Waals surface area contributed by atoms with Crippen molar-refractivity contribution in [3.05, 3.63) is 10.4 Å². The molecule has 0 atom stereocenters. The Morgan fingerprint density at radius 3 is 2.96 bits per heavy atom. The molecule has 0 saturated carbocycles. The summed E-state index contributed by atoms with van der Waals surface area (Å²) in [5.41, 5.74) is 2.10. The van der Waals surface area contributed by atoms with E-state index in [2.05, 4.69) is 26.1 Å². The maximum atomic E-state index is 8.80. The number of nitrogens with one attached hydrogen (secondary N) is 1. The summed E-state index contributed by atoms with van der Waals surface area (Å²) in [5, 5.41) is 13.0. The van der Waals surface area contributed by atoms with Crippen molar-refractivity contribution in [3.8, 4) is 0 Å². The third-order valence-corrected chi connectivity index (χ3v) is 6.38. The molecule has 6 nitrogen and oxygen atoms in total. The summed E-state index contributed by atoms with van der Waals surface area (Å²) in [6.07, 6.45) is 1.99. The zero-order chi connectivity index (χ0) is 18.6. The van der Waals surface area contributed by atoms with Crippen molar-refractivity contribution in [2.75, 3.05) is 37.4 Å². The number of hydrogen-bond acceptors (Lipinski definition) is 8. The largest absolute Gasteiger partial charge is 0.394 e. The van der Waals surface area contributed by atoms with Crippen molar-refractivity contribution >= 4 is 39.1 Å². The van der Waals surface area contributed by atoms with Crippen LogP contribution < -0.4 is 5.32 Å². The molecule has 0 fully saturated rings. The van der Waals surface area contributed by atoms with Gasteiger partial charge in [-0.25, -0.2) is 9.97 Å². The van der Waals surface area contributed by atoms with Gasteiger partial charge < -0.3 is 19.9 Å². The Hall–Kier alpha value is -0.930. The Labute approximate surface area is 162 Å². The minimum absolute atomic E-state index is 0.0446. The van der Waals surface area contributed by atoms with E-state index in [9.17, 15) is 0 Å². The van der Waals surface area contributed by atoms with E-state index >= 15 is 0 Å². The molecule has 0 saturated heterocycles. The Morgan fingerprint density at radius 1 is 1.35 bits per heavy atom. The van der Waals surface area contributed by atoms with Crippen LogP contribution in [0, 0.1) is 0 Å². The molecule has 0 unspecified atom stereocenters. The van der Waals surface area contributed by atoms with Gasteiger partial charge in [-0.2, -0.15) is 0 Å². The van der Waals surface area contributed by atoms with Crippen LogP contribution in [0.15, 0.2) is 5.16 Å². The van der Waals surface area contributed by atoms with Crippen LogP contribution in [0.5, 0.6) is 0 Å². The van der Waals surface area contributed by atoms with Gasteiger partial charge >= 0.3 is 0 Å². The third kappa shape index (κ3) is 4.67. The monoisotopic (exact) mass is 397 g/mol. The zero-order valence-corrected chi connectivity index (χ0v) is 17.3. The number of aromatic nitrogens is 2. The van der Waals surface area contributed by atoms with E-state index in [4.69, 9.17) is 24.5 Å². The summed E-state index contributed by atoms with van der Waals surface area (Å²) >= 11 is 3.46. The van der Waals surface area contributed by atoms with Gasteiger partial charge in [-0.1, -0.05) is 18.7 Å². The summed E-state index contributed by atoms with van der Waals surface area (Å²) in [6, 6.07) is 0. The van der Waals surface area contributed by atoms with E-state index in [1.807, 2.05) is 0 Å². The summed E-state index contributed by atoms with van der Waals surface area (Å²) in [6.45, 7) is 8.61. The minimum atomic E-state index is -0.132. The summed E-state index contributed by atoms with van der Waals surface area (Å²) < 4.78 is 12.5. The second-order valence-electron chi connectivity index (χ2n) is 6.87. The van der Waals surface area contributed by atoms with Crippen molar-refractivity contribution in [2.45, 2.75) is 51.0 Å². The highest BCUT2D eigenvalue weighted by Crippen LogP contribution is 2.41. The van der Waals surface area contributed by atoms with Gasteiger partial charge in [0.2, 0.25) is 0 Å². The molecule has 2 aromatic heterocycles. The van der Waals surface area contributed by atoms with Gasteiger partial charge in [-0.05, 0) is 20.3 Å². The quantitative estimate of drug-likeness (QED) is 0.381. The molecule has 0 bridgehead atoms. The molecule has 2 aromatic rings. The van der Waals surface area contributed by atoms with Gasteiger partial charge in [-0.3, -0.25) is 0 Å². The second-order valence-corrected chi connectivity index (χ2v) is 9.04. The molecule has 0 radical (unpaired) electrons. The molecule has 1 aliphatic rings. The number of thioether (sulfide) groups is 1. The first-order valence-corrected chi connectivity index (χ1v) is 10.9. The summed E-state index contributed by atoms with van der Waals surface area (Å²) in [7, 11) is 0. The molecule has 2 N–H and O–H groups in total. The molecule has 0 aliphatic carbocycles. The van der Waals surface area contributed by atoms with Gasteiger partial charge in [0.25, 0.3) is 0 Å². The lowest BCUT2D eigenvalue weighted by Crippen LogP contribution is -2.30. The fourth-order valence-electron chi connectivity index (χ4n) is 2.83. The molecule has 0 spiro atoms. The molecule has 1 aliphatic heterocycles. The number of aliphatic hydroxyl groups is 1. The number of fused-ring (bicyclic) bond motifs is 3. The Morgan fingerprint density at radius 2 is 2.19 bits per heavy atom. The van der Waals surface area contributed by atoms with E-state index in [-0.39, 0.29) is 12.2 Å². The molecule has 3 heterocycles. The predicted octanol–water partition coefficient (Wildman–Crippen LogP) is 3.47. The highest BCUT2D eigenvalue weighted by molar-refractivity contribution is 7.99. The smallest absolute Gasteiger partial charge is 0.190 e. The van der Waals surface area contributed by atoms with Gasteiger partial charge in [-0.15, -0.1) is 11.3 Å². The summed E-state index contributed by atoms with van der Waals surface area (Å²) in [4.78, 5) is 10.9. The van der Waals surface area contributed by atoms with Crippen molar-refractivity contribution in [1.29, 1.82) is 0 Å². The second kappa shape index (κ2) is 8.84. The van der Waals surface area contributed by atoms with Crippen LogP contribution in [0.4, 0.5) is 5.82 Å². The minimum Gasteiger partial charge on any atom is -0.394 e.